The molecule has 1 saturated carbocycles. The van der Waals surface area contributed by atoms with Crippen LogP contribution in [0.1, 0.15) is 36.0 Å². The van der Waals surface area contributed by atoms with Crippen molar-refractivity contribution in [2.45, 2.75) is 38.2 Å². The molecule has 1 aromatic carbocycles. The van der Waals surface area contributed by atoms with Crippen LogP contribution in [0.15, 0.2) is 18.2 Å². The van der Waals surface area contributed by atoms with Crippen LogP contribution in [0, 0.1) is 17.8 Å². The predicted molar refractivity (Wildman–Crippen MR) is 82.1 cm³/mol. The third-order valence-electron chi connectivity index (χ3n) is 5.30. The van der Waals surface area contributed by atoms with Gasteiger partial charge in [0.2, 0.25) is 0 Å². The normalized spacial score (nSPS) is 27.4. The molecule has 8 heteroatoms. The highest BCUT2D eigenvalue weighted by Gasteiger charge is 2.39. The van der Waals surface area contributed by atoms with Crippen molar-refractivity contribution in [2.75, 3.05) is 13.1 Å². The fraction of sp³-hybridized carbons (Fsp3) is 0.611. The van der Waals surface area contributed by atoms with E-state index in [0.717, 1.165) is 31.6 Å². The van der Waals surface area contributed by atoms with Crippen LogP contribution in [0.25, 0.3) is 0 Å². The first kappa shape index (κ1) is 19.2. The topological polar surface area (TPSA) is 20.3 Å². The van der Waals surface area contributed by atoms with Crippen molar-refractivity contribution >= 4 is 6.29 Å². The molecule has 1 aromatic rings. The van der Waals surface area contributed by atoms with Gasteiger partial charge in [0.15, 0.2) is 0 Å². The van der Waals surface area contributed by atoms with Gasteiger partial charge >= 0.3 is 12.4 Å². The molecule has 1 saturated heterocycles. The van der Waals surface area contributed by atoms with Gasteiger partial charge in [0.1, 0.15) is 6.29 Å². The van der Waals surface area contributed by atoms with E-state index < -0.39 is 23.5 Å². The summed E-state index contributed by atoms with van der Waals surface area (Å²) in [4.78, 5) is 12.9. The van der Waals surface area contributed by atoms with Crippen molar-refractivity contribution in [3.8, 4) is 0 Å². The van der Waals surface area contributed by atoms with Gasteiger partial charge in [0, 0.05) is 25.6 Å². The summed E-state index contributed by atoms with van der Waals surface area (Å²) in [5.41, 5.74) is -2.66. The van der Waals surface area contributed by atoms with Crippen LogP contribution in [0.5, 0.6) is 0 Å². The maximum atomic E-state index is 13.3. The average molecular weight is 379 g/mol. The molecule has 2 bridgehead atoms. The Hall–Kier alpha value is -1.57. The molecular formula is C18H19F6NO. The number of hydrogen-bond acceptors (Lipinski definition) is 2. The van der Waals surface area contributed by atoms with E-state index in [1.807, 2.05) is 4.90 Å². The summed E-state index contributed by atoms with van der Waals surface area (Å²) in [5, 5.41) is 0. The number of halogens is 6. The largest absolute Gasteiger partial charge is 0.416 e. The number of nitrogens with zero attached hydrogens (tertiary/aromatic N) is 1. The van der Waals surface area contributed by atoms with Crippen molar-refractivity contribution in [2.24, 2.45) is 17.8 Å². The zero-order chi connectivity index (χ0) is 19.1. The Bertz CT molecular complexity index is 655. The molecule has 144 valence electrons. The SMILES string of the molecule is O=CC1CC2CC(C1)CN(Cc1ccc(C(F)(F)F)cc1C(F)(F)F)C2. The molecule has 0 amide bonds. The first-order valence-electron chi connectivity index (χ1n) is 8.51. The minimum absolute atomic E-state index is 0.0118. The molecular weight excluding hydrogens is 360 g/mol. The number of carbonyl (C=O) groups is 1. The van der Waals surface area contributed by atoms with Gasteiger partial charge in [-0.15, -0.1) is 0 Å². The summed E-state index contributed by atoms with van der Waals surface area (Å²) in [6, 6.07) is 1.84. The highest BCUT2D eigenvalue weighted by molar-refractivity contribution is 5.53. The van der Waals surface area contributed by atoms with Crippen LogP contribution in [0.4, 0.5) is 26.3 Å². The number of piperidine rings is 1. The van der Waals surface area contributed by atoms with Gasteiger partial charge < -0.3 is 4.79 Å². The minimum Gasteiger partial charge on any atom is -0.303 e. The number of hydrogen-bond donors (Lipinski definition) is 0. The van der Waals surface area contributed by atoms with E-state index >= 15 is 0 Å². The van der Waals surface area contributed by atoms with Gasteiger partial charge in [-0.25, -0.2) is 0 Å². The number of fused-ring (bicyclic) bond motifs is 2. The average Bonchev–Trinajstić information content (AvgIpc) is 2.52. The lowest BCUT2D eigenvalue weighted by atomic mass is 9.73. The number of likely N-dealkylation sites (tertiary alicyclic amines) is 1. The fourth-order valence-corrected chi connectivity index (χ4v) is 4.36. The van der Waals surface area contributed by atoms with E-state index in [1.165, 1.54) is 0 Å². The molecule has 0 spiro atoms. The summed E-state index contributed by atoms with van der Waals surface area (Å²) in [6.45, 7) is 1.10. The molecule has 2 nitrogen and oxygen atoms in total. The second kappa shape index (κ2) is 6.87. The number of benzene rings is 1. The predicted octanol–water partition coefficient (Wildman–Crippen LogP) is 4.77. The van der Waals surface area contributed by atoms with E-state index in [-0.39, 0.29) is 35.9 Å². The molecule has 0 radical (unpaired) electrons. The van der Waals surface area contributed by atoms with Crippen molar-refractivity contribution in [1.82, 2.24) is 4.90 Å². The van der Waals surface area contributed by atoms with E-state index in [1.54, 1.807) is 0 Å². The Morgan fingerprint density at radius 1 is 0.962 bits per heavy atom. The summed E-state index contributed by atoms with van der Waals surface area (Å²) < 4.78 is 78.1. The Morgan fingerprint density at radius 2 is 1.58 bits per heavy atom. The standard InChI is InChI=1S/C18H19F6NO/c19-17(20,21)15-2-1-14(16(6-15)18(22,23)24)9-25-7-11-3-12(8-25)5-13(4-11)10-26/h1-2,6,10-13H,3-5,7-9H2. The number of rotatable bonds is 3. The van der Waals surface area contributed by atoms with Gasteiger partial charge in [-0.1, -0.05) is 6.07 Å². The van der Waals surface area contributed by atoms with Gasteiger partial charge in [-0.2, -0.15) is 26.3 Å². The zero-order valence-electron chi connectivity index (χ0n) is 13.9. The van der Waals surface area contributed by atoms with Crippen LogP contribution in [-0.2, 0) is 23.7 Å². The van der Waals surface area contributed by atoms with E-state index in [0.29, 0.717) is 19.2 Å². The minimum atomic E-state index is -4.84. The molecule has 0 N–H and O–H groups in total. The Labute approximate surface area is 147 Å². The molecule has 1 aliphatic carbocycles. The summed E-state index contributed by atoms with van der Waals surface area (Å²) >= 11 is 0. The number of carbonyl (C=O) groups excluding carboxylic acids is 1. The Morgan fingerprint density at radius 3 is 2.08 bits per heavy atom. The maximum absolute atomic E-state index is 13.3. The van der Waals surface area contributed by atoms with E-state index in [2.05, 4.69) is 0 Å². The highest BCUT2D eigenvalue weighted by Crippen LogP contribution is 2.40. The lowest BCUT2D eigenvalue weighted by molar-refractivity contribution is -0.143. The van der Waals surface area contributed by atoms with Crippen LogP contribution >= 0.6 is 0 Å². The third-order valence-corrected chi connectivity index (χ3v) is 5.30. The quantitative estimate of drug-likeness (QED) is 0.557. The molecule has 2 fully saturated rings. The Kier molecular flexibility index (Phi) is 5.07. The smallest absolute Gasteiger partial charge is 0.303 e. The van der Waals surface area contributed by atoms with Crippen molar-refractivity contribution in [3.63, 3.8) is 0 Å². The Balaban J connectivity index is 1.81. The lowest BCUT2D eigenvalue weighted by Crippen LogP contribution is -2.44. The highest BCUT2D eigenvalue weighted by atomic mass is 19.4. The van der Waals surface area contributed by atoms with Crippen LogP contribution in [-0.4, -0.2) is 24.3 Å². The second-order valence-electron chi connectivity index (χ2n) is 7.40. The summed E-state index contributed by atoms with van der Waals surface area (Å²) in [5.74, 6) is 0.515. The first-order chi connectivity index (χ1) is 12.1. The van der Waals surface area contributed by atoms with E-state index in [9.17, 15) is 31.1 Å². The number of alkyl halides is 6. The molecule has 2 aliphatic rings. The van der Waals surface area contributed by atoms with Crippen molar-refractivity contribution in [3.05, 3.63) is 34.9 Å². The molecule has 2 atom stereocenters. The molecule has 2 unspecified atom stereocenters. The summed E-state index contributed by atoms with van der Waals surface area (Å²) in [6.07, 6.45) is -6.28. The number of aldehydes is 1. The molecule has 1 heterocycles. The monoisotopic (exact) mass is 379 g/mol. The van der Waals surface area contributed by atoms with Gasteiger partial charge in [-0.3, -0.25) is 4.90 Å². The lowest BCUT2D eigenvalue weighted by Gasteiger charge is -2.43. The van der Waals surface area contributed by atoms with Crippen LogP contribution in [0.2, 0.25) is 0 Å². The van der Waals surface area contributed by atoms with Crippen LogP contribution < -0.4 is 0 Å². The van der Waals surface area contributed by atoms with Crippen molar-refractivity contribution < 1.29 is 31.1 Å². The molecule has 26 heavy (non-hydrogen) atoms. The fourth-order valence-electron chi connectivity index (χ4n) is 4.36. The van der Waals surface area contributed by atoms with E-state index in [4.69, 9.17) is 0 Å². The summed E-state index contributed by atoms with van der Waals surface area (Å²) in [7, 11) is 0. The third kappa shape index (κ3) is 4.22. The second-order valence-corrected chi connectivity index (χ2v) is 7.40. The van der Waals surface area contributed by atoms with Gasteiger partial charge in [-0.05, 0) is 48.8 Å². The molecule has 0 aromatic heterocycles. The first-order valence-corrected chi connectivity index (χ1v) is 8.51. The van der Waals surface area contributed by atoms with Gasteiger partial charge in [0.05, 0.1) is 11.1 Å². The van der Waals surface area contributed by atoms with Crippen LogP contribution in [0.3, 0.4) is 0 Å². The molecule has 1 aliphatic heterocycles. The molecule has 3 rings (SSSR count). The maximum Gasteiger partial charge on any atom is 0.416 e. The van der Waals surface area contributed by atoms with Gasteiger partial charge in [0.25, 0.3) is 0 Å². The zero-order valence-corrected chi connectivity index (χ0v) is 13.9. The van der Waals surface area contributed by atoms with Crippen molar-refractivity contribution in [1.29, 1.82) is 0 Å².